The second kappa shape index (κ2) is 11.3. The maximum absolute atomic E-state index is 13.7. The number of benzene rings is 1. The summed E-state index contributed by atoms with van der Waals surface area (Å²) in [5.41, 5.74) is 4.92. The van der Waals surface area contributed by atoms with Crippen LogP contribution in [0.3, 0.4) is 0 Å². The molecule has 208 valence electrons. The molecule has 13 nitrogen and oxygen atoms in total. The minimum atomic E-state index is -4.29. The summed E-state index contributed by atoms with van der Waals surface area (Å²) in [6.45, 7) is 4.19. The van der Waals surface area contributed by atoms with Crippen LogP contribution in [0.15, 0.2) is 54.7 Å². The SMILES string of the molecule is CC(C)OC(=O)[C@H](C)N[P@](=O)(OC[C@H]1O[C@@](C#N)(c2ccc3c(N)ccnn23)[C@H](O)[C@@H]1O)Oc1ccccc1. The number of nitrogens with zero attached hydrogens (tertiary/aromatic N) is 3. The standard InChI is InChI=1S/C25H30N5O8P/c1-15(2)36-24(33)16(3)29-39(34,38-17-7-5-4-6-8-17)35-13-20-22(31)23(32)25(14-26,37-20)21-10-9-19-18(27)11-12-28-30(19)21/h4-12,15-16,20,22-23,31-32H,13,27H2,1-3H3,(H,29,34)/t16-,20+,22+,23+,25-,39-/m0/s1. The molecular formula is C25H30N5O8P. The van der Waals surface area contributed by atoms with Crippen molar-refractivity contribution in [3.8, 4) is 11.8 Å². The summed E-state index contributed by atoms with van der Waals surface area (Å²) in [7, 11) is -4.29. The van der Waals surface area contributed by atoms with Crippen molar-refractivity contribution >= 4 is 24.9 Å². The van der Waals surface area contributed by atoms with E-state index in [9.17, 15) is 24.8 Å². The Morgan fingerprint density at radius 3 is 2.64 bits per heavy atom. The zero-order chi connectivity index (χ0) is 28.4. The van der Waals surface area contributed by atoms with Gasteiger partial charge in [-0.05, 0) is 51.1 Å². The maximum atomic E-state index is 13.7. The number of nitrogens with two attached hydrogens (primary N) is 1. The molecule has 4 rings (SSSR count). The number of para-hydroxylation sites is 1. The first-order valence-electron chi connectivity index (χ1n) is 12.1. The molecule has 6 atom stereocenters. The van der Waals surface area contributed by atoms with E-state index >= 15 is 0 Å². The summed E-state index contributed by atoms with van der Waals surface area (Å²) < 4.78 is 37.3. The van der Waals surface area contributed by atoms with E-state index in [1.165, 1.54) is 35.8 Å². The van der Waals surface area contributed by atoms with Crippen molar-refractivity contribution in [1.82, 2.24) is 14.7 Å². The number of aromatic nitrogens is 2. The quantitative estimate of drug-likeness (QED) is 0.209. The van der Waals surface area contributed by atoms with Gasteiger partial charge in [0.25, 0.3) is 0 Å². The number of nitrogen functional groups attached to an aromatic ring is 1. The molecule has 1 aromatic carbocycles. The Hall–Kier alpha value is -3.50. The third-order valence-corrected chi connectivity index (χ3v) is 7.67. The lowest BCUT2D eigenvalue weighted by Gasteiger charge is -2.25. The largest absolute Gasteiger partial charge is 0.462 e. The number of carbonyl (C=O) groups is 1. The van der Waals surface area contributed by atoms with Crippen molar-refractivity contribution in [1.29, 1.82) is 5.26 Å². The molecule has 0 radical (unpaired) electrons. The Balaban J connectivity index is 1.58. The van der Waals surface area contributed by atoms with Crippen molar-refractivity contribution in [2.24, 2.45) is 0 Å². The van der Waals surface area contributed by atoms with E-state index in [2.05, 4.69) is 10.2 Å². The first-order valence-corrected chi connectivity index (χ1v) is 13.7. The molecule has 0 amide bonds. The van der Waals surface area contributed by atoms with E-state index < -0.39 is 56.4 Å². The fourth-order valence-electron chi connectivity index (χ4n) is 4.14. The molecule has 0 spiro atoms. The Kier molecular flexibility index (Phi) is 8.27. The van der Waals surface area contributed by atoms with Crippen LogP contribution < -0.4 is 15.3 Å². The van der Waals surface area contributed by atoms with E-state index in [0.29, 0.717) is 11.2 Å². The molecule has 2 aromatic heterocycles. The lowest BCUT2D eigenvalue weighted by Crippen LogP contribution is -2.41. The fourth-order valence-corrected chi connectivity index (χ4v) is 5.64. The van der Waals surface area contributed by atoms with Crippen LogP contribution in [0.25, 0.3) is 5.52 Å². The minimum Gasteiger partial charge on any atom is -0.462 e. The molecule has 1 aliphatic heterocycles. The number of ether oxygens (including phenoxy) is 2. The lowest BCUT2D eigenvalue weighted by molar-refractivity contribution is -0.149. The molecule has 5 N–H and O–H groups in total. The van der Waals surface area contributed by atoms with Gasteiger partial charge in [-0.15, -0.1) is 0 Å². The predicted octanol–water partition coefficient (Wildman–Crippen LogP) is 1.89. The van der Waals surface area contributed by atoms with E-state index in [4.69, 9.17) is 24.3 Å². The molecule has 1 saturated heterocycles. The third kappa shape index (κ3) is 5.77. The summed E-state index contributed by atoms with van der Waals surface area (Å²) in [6, 6.07) is 13.6. The van der Waals surface area contributed by atoms with Gasteiger partial charge in [-0.25, -0.2) is 9.08 Å². The van der Waals surface area contributed by atoms with E-state index in [1.54, 1.807) is 44.2 Å². The molecule has 1 fully saturated rings. The van der Waals surface area contributed by atoms with E-state index in [1.807, 2.05) is 6.07 Å². The van der Waals surface area contributed by atoms with Crippen LogP contribution >= 0.6 is 7.75 Å². The predicted molar refractivity (Wildman–Crippen MR) is 138 cm³/mol. The lowest BCUT2D eigenvalue weighted by atomic mass is 9.92. The summed E-state index contributed by atoms with van der Waals surface area (Å²) in [4.78, 5) is 12.4. The van der Waals surface area contributed by atoms with Crippen LogP contribution in [0.2, 0.25) is 0 Å². The highest BCUT2D eigenvalue weighted by atomic mass is 31.2. The van der Waals surface area contributed by atoms with Crippen molar-refractivity contribution < 1.29 is 38.1 Å². The van der Waals surface area contributed by atoms with Gasteiger partial charge >= 0.3 is 13.7 Å². The minimum absolute atomic E-state index is 0.133. The number of aliphatic hydroxyl groups excluding tert-OH is 2. The average Bonchev–Trinajstić information content (AvgIpc) is 3.44. The number of aliphatic hydroxyl groups is 2. The van der Waals surface area contributed by atoms with Gasteiger partial charge in [-0.2, -0.15) is 15.4 Å². The highest BCUT2D eigenvalue weighted by molar-refractivity contribution is 7.52. The number of nitrogens with one attached hydrogen (secondary N) is 1. The van der Waals surface area contributed by atoms with Gasteiger partial charge in [0.05, 0.1) is 29.6 Å². The third-order valence-electron chi connectivity index (χ3n) is 6.03. The van der Waals surface area contributed by atoms with Crippen LogP contribution in [0, 0.1) is 11.3 Å². The zero-order valence-corrected chi connectivity index (χ0v) is 22.4. The molecule has 0 unspecified atom stereocenters. The van der Waals surface area contributed by atoms with Crippen LogP contribution in [0.4, 0.5) is 5.69 Å². The van der Waals surface area contributed by atoms with Crippen molar-refractivity contribution in [3.63, 3.8) is 0 Å². The maximum Gasteiger partial charge on any atom is 0.459 e. The summed E-state index contributed by atoms with van der Waals surface area (Å²) in [5.74, 6) is -0.506. The number of nitriles is 1. The molecule has 0 bridgehead atoms. The Morgan fingerprint density at radius 2 is 1.97 bits per heavy atom. The number of hydrogen-bond acceptors (Lipinski definition) is 11. The molecule has 0 aliphatic carbocycles. The fraction of sp³-hybridized carbons (Fsp3) is 0.400. The first-order chi connectivity index (χ1) is 18.5. The van der Waals surface area contributed by atoms with Crippen LogP contribution in [-0.4, -0.2) is 62.9 Å². The molecule has 3 heterocycles. The Bertz CT molecular complexity index is 1410. The molecule has 0 saturated carbocycles. The average molecular weight is 560 g/mol. The monoisotopic (exact) mass is 559 g/mol. The number of anilines is 1. The van der Waals surface area contributed by atoms with Gasteiger partial charge in [-0.3, -0.25) is 9.32 Å². The van der Waals surface area contributed by atoms with Gasteiger partial charge in [0.2, 0.25) is 5.60 Å². The van der Waals surface area contributed by atoms with Gasteiger partial charge in [-0.1, -0.05) is 18.2 Å². The van der Waals surface area contributed by atoms with Crippen molar-refractivity contribution in [2.45, 2.75) is 56.8 Å². The Labute approximate surface area is 224 Å². The molecule has 14 heteroatoms. The zero-order valence-electron chi connectivity index (χ0n) is 21.5. The summed E-state index contributed by atoms with van der Waals surface area (Å²) in [5, 5.41) is 38.6. The number of hydrogen-bond donors (Lipinski definition) is 4. The summed E-state index contributed by atoms with van der Waals surface area (Å²) >= 11 is 0. The van der Waals surface area contributed by atoms with Gasteiger partial charge in [0, 0.05) is 6.20 Å². The normalized spacial score (nSPS) is 25.2. The second-order valence-electron chi connectivity index (χ2n) is 9.28. The van der Waals surface area contributed by atoms with E-state index in [0.717, 1.165) is 0 Å². The van der Waals surface area contributed by atoms with Crippen molar-refractivity contribution in [2.75, 3.05) is 12.3 Å². The topological polar surface area (TPSA) is 191 Å². The number of esters is 1. The Morgan fingerprint density at radius 1 is 1.26 bits per heavy atom. The number of carbonyl (C=O) groups excluding carboxylic acids is 1. The first kappa shape index (κ1) is 28.5. The van der Waals surface area contributed by atoms with Crippen molar-refractivity contribution in [3.05, 3.63) is 60.4 Å². The highest BCUT2D eigenvalue weighted by Crippen LogP contribution is 2.47. The van der Waals surface area contributed by atoms with Crippen LogP contribution in [0.5, 0.6) is 5.75 Å². The molecular weight excluding hydrogens is 529 g/mol. The second-order valence-corrected chi connectivity index (χ2v) is 11.0. The smallest absolute Gasteiger partial charge is 0.459 e. The van der Waals surface area contributed by atoms with Gasteiger partial charge < -0.3 is 29.9 Å². The van der Waals surface area contributed by atoms with Crippen LogP contribution in [0.1, 0.15) is 26.5 Å². The summed E-state index contributed by atoms with van der Waals surface area (Å²) in [6.07, 6.45) is -3.65. The number of fused-ring (bicyclic) bond motifs is 1. The van der Waals surface area contributed by atoms with E-state index in [-0.39, 0.29) is 11.4 Å². The van der Waals surface area contributed by atoms with Gasteiger partial charge in [0.1, 0.15) is 36.2 Å². The van der Waals surface area contributed by atoms with Gasteiger partial charge in [0.15, 0.2) is 0 Å². The van der Waals surface area contributed by atoms with Crippen LogP contribution in [-0.2, 0) is 29.0 Å². The molecule has 1 aliphatic rings. The molecule has 39 heavy (non-hydrogen) atoms. The molecule has 3 aromatic rings. The highest BCUT2D eigenvalue weighted by Gasteiger charge is 2.58. The number of rotatable bonds is 10.